The summed E-state index contributed by atoms with van der Waals surface area (Å²) in [7, 11) is 0. The molecular weight excluding hydrogens is 325 g/mol. The molecule has 3 rings (SSSR count). The number of alkyl halides is 3. The molecule has 2 heterocycles. The van der Waals surface area contributed by atoms with Gasteiger partial charge in [-0.15, -0.1) is 13.2 Å². The van der Waals surface area contributed by atoms with Gasteiger partial charge in [-0.1, -0.05) is 12.1 Å². The highest BCUT2D eigenvalue weighted by Gasteiger charge is 2.31. The second-order valence-electron chi connectivity index (χ2n) is 5.36. The number of rotatable bonds is 4. The van der Waals surface area contributed by atoms with Crippen molar-refractivity contribution in [1.82, 2.24) is 10.2 Å². The first-order valence-electron chi connectivity index (χ1n) is 7.35. The maximum atomic E-state index is 12.3. The van der Waals surface area contributed by atoms with Crippen LogP contribution in [0.15, 0.2) is 41.1 Å². The summed E-state index contributed by atoms with van der Waals surface area (Å²) in [6.45, 7) is 3.63. The van der Waals surface area contributed by atoms with Crippen molar-refractivity contribution < 1.29 is 17.9 Å². The van der Waals surface area contributed by atoms with Crippen LogP contribution in [-0.4, -0.2) is 37.4 Å². The lowest BCUT2D eigenvalue weighted by molar-refractivity contribution is -0.274. The molecular formula is C16H17F3N2OS. The van der Waals surface area contributed by atoms with Gasteiger partial charge < -0.3 is 10.1 Å². The van der Waals surface area contributed by atoms with Crippen molar-refractivity contribution in [2.75, 3.05) is 26.2 Å². The Morgan fingerprint density at radius 2 is 1.74 bits per heavy atom. The van der Waals surface area contributed by atoms with Crippen molar-refractivity contribution in [2.24, 2.45) is 0 Å². The minimum atomic E-state index is -4.66. The van der Waals surface area contributed by atoms with E-state index in [9.17, 15) is 13.2 Å². The molecule has 1 aromatic carbocycles. The molecule has 1 atom stereocenters. The summed E-state index contributed by atoms with van der Waals surface area (Å²) in [5.41, 5.74) is 2.14. The average molecular weight is 342 g/mol. The predicted octanol–water partition coefficient (Wildman–Crippen LogP) is 3.64. The van der Waals surface area contributed by atoms with E-state index in [1.165, 1.54) is 17.7 Å². The molecule has 0 bridgehead atoms. The smallest absolute Gasteiger partial charge is 0.406 e. The van der Waals surface area contributed by atoms with Gasteiger partial charge in [0.2, 0.25) is 0 Å². The van der Waals surface area contributed by atoms with Crippen LogP contribution in [0, 0.1) is 0 Å². The molecule has 0 amide bonds. The van der Waals surface area contributed by atoms with Gasteiger partial charge in [-0.3, -0.25) is 4.90 Å². The Balaban J connectivity index is 1.84. The number of nitrogens with one attached hydrogen (secondary N) is 1. The SMILES string of the molecule is FC(F)(F)Oc1ccc([C@@H](c2ccsc2)N2CCNCC2)cc1. The van der Waals surface area contributed by atoms with Crippen molar-refractivity contribution in [3.05, 3.63) is 52.2 Å². The molecule has 3 nitrogen and oxygen atoms in total. The van der Waals surface area contributed by atoms with Crippen molar-refractivity contribution in [3.63, 3.8) is 0 Å². The highest BCUT2D eigenvalue weighted by molar-refractivity contribution is 7.08. The summed E-state index contributed by atoms with van der Waals surface area (Å²) in [4.78, 5) is 2.35. The normalized spacial score (nSPS) is 17.9. The lowest BCUT2D eigenvalue weighted by atomic mass is 9.99. The van der Waals surface area contributed by atoms with Crippen LogP contribution in [0.4, 0.5) is 13.2 Å². The number of benzene rings is 1. The van der Waals surface area contributed by atoms with Crippen molar-refractivity contribution >= 4 is 11.3 Å². The Morgan fingerprint density at radius 1 is 1.04 bits per heavy atom. The first kappa shape index (κ1) is 16.3. The third-order valence-electron chi connectivity index (χ3n) is 3.81. The molecule has 1 aliphatic heterocycles. The van der Waals surface area contributed by atoms with Gasteiger partial charge in [-0.2, -0.15) is 11.3 Å². The lowest BCUT2D eigenvalue weighted by Gasteiger charge is -2.35. The minimum Gasteiger partial charge on any atom is -0.406 e. The van der Waals surface area contributed by atoms with Gasteiger partial charge in [0, 0.05) is 26.2 Å². The van der Waals surface area contributed by atoms with E-state index >= 15 is 0 Å². The van der Waals surface area contributed by atoms with Crippen LogP contribution in [0.5, 0.6) is 5.75 Å². The Hall–Kier alpha value is -1.57. The van der Waals surface area contributed by atoms with Crippen LogP contribution in [0.25, 0.3) is 0 Å². The highest BCUT2D eigenvalue weighted by Crippen LogP contribution is 2.32. The molecule has 23 heavy (non-hydrogen) atoms. The first-order chi connectivity index (χ1) is 11.0. The van der Waals surface area contributed by atoms with Crippen LogP contribution in [0.2, 0.25) is 0 Å². The highest BCUT2D eigenvalue weighted by atomic mass is 32.1. The van der Waals surface area contributed by atoms with E-state index in [0.29, 0.717) is 0 Å². The molecule has 1 saturated heterocycles. The summed E-state index contributed by atoms with van der Waals surface area (Å²) >= 11 is 1.62. The molecule has 1 aliphatic rings. The van der Waals surface area contributed by atoms with Crippen LogP contribution >= 0.6 is 11.3 Å². The van der Waals surface area contributed by atoms with E-state index < -0.39 is 6.36 Å². The van der Waals surface area contributed by atoms with Crippen molar-refractivity contribution in [3.8, 4) is 5.75 Å². The molecule has 0 spiro atoms. The van der Waals surface area contributed by atoms with E-state index in [-0.39, 0.29) is 11.8 Å². The van der Waals surface area contributed by atoms with Gasteiger partial charge in [-0.25, -0.2) is 0 Å². The first-order valence-corrected chi connectivity index (χ1v) is 8.30. The third kappa shape index (κ3) is 4.25. The number of hydrogen-bond donors (Lipinski definition) is 1. The van der Waals surface area contributed by atoms with E-state index in [1.54, 1.807) is 23.5 Å². The molecule has 0 aliphatic carbocycles. The number of halogens is 3. The number of hydrogen-bond acceptors (Lipinski definition) is 4. The van der Waals surface area contributed by atoms with E-state index in [4.69, 9.17) is 0 Å². The predicted molar refractivity (Wildman–Crippen MR) is 83.7 cm³/mol. The largest absolute Gasteiger partial charge is 0.573 e. The Labute approximate surface area is 136 Å². The van der Waals surface area contributed by atoms with Gasteiger partial charge >= 0.3 is 6.36 Å². The van der Waals surface area contributed by atoms with Gasteiger partial charge in [0.05, 0.1) is 6.04 Å². The summed E-state index contributed by atoms with van der Waals surface area (Å²) in [6, 6.07) is 8.31. The van der Waals surface area contributed by atoms with Crippen LogP contribution < -0.4 is 10.1 Å². The van der Waals surface area contributed by atoms with Gasteiger partial charge in [0.1, 0.15) is 5.75 Å². The second-order valence-corrected chi connectivity index (χ2v) is 6.14. The Kier molecular flexibility index (Phi) is 4.89. The second kappa shape index (κ2) is 6.90. The van der Waals surface area contributed by atoms with Gasteiger partial charge in [0.25, 0.3) is 0 Å². The zero-order valence-corrected chi connectivity index (χ0v) is 13.2. The van der Waals surface area contributed by atoms with Crippen LogP contribution in [-0.2, 0) is 0 Å². The molecule has 1 fully saturated rings. The summed E-state index contributed by atoms with van der Waals surface area (Å²) in [5, 5.41) is 7.43. The topological polar surface area (TPSA) is 24.5 Å². The molecule has 0 saturated carbocycles. The third-order valence-corrected chi connectivity index (χ3v) is 4.51. The fraction of sp³-hybridized carbons (Fsp3) is 0.375. The molecule has 0 radical (unpaired) electrons. The number of nitrogens with zero attached hydrogens (tertiary/aromatic N) is 1. The summed E-state index contributed by atoms with van der Waals surface area (Å²) in [5.74, 6) is -0.189. The fourth-order valence-corrected chi connectivity index (χ4v) is 3.52. The number of ether oxygens (including phenoxy) is 1. The molecule has 0 unspecified atom stereocenters. The Morgan fingerprint density at radius 3 is 2.30 bits per heavy atom. The molecule has 124 valence electrons. The average Bonchev–Trinajstić information content (AvgIpc) is 3.03. The van der Waals surface area contributed by atoms with Gasteiger partial charge in [-0.05, 0) is 40.1 Å². The quantitative estimate of drug-likeness (QED) is 0.918. The maximum Gasteiger partial charge on any atom is 0.573 e. The molecule has 7 heteroatoms. The Bertz CT molecular complexity index is 607. The van der Waals surface area contributed by atoms with Crippen molar-refractivity contribution in [1.29, 1.82) is 0 Å². The zero-order valence-electron chi connectivity index (χ0n) is 12.3. The zero-order chi connectivity index (χ0) is 16.3. The van der Waals surface area contributed by atoms with Gasteiger partial charge in [0.15, 0.2) is 0 Å². The van der Waals surface area contributed by atoms with E-state index in [0.717, 1.165) is 31.7 Å². The summed E-state index contributed by atoms with van der Waals surface area (Å²) in [6.07, 6.45) is -4.66. The molecule has 1 N–H and O–H groups in total. The number of thiophene rings is 1. The van der Waals surface area contributed by atoms with E-state index in [1.807, 2.05) is 5.38 Å². The van der Waals surface area contributed by atoms with Crippen LogP contribution in [0.1, 0.15) is 17.2 Å². The maximum absolute atomic E-state index is 12.3. The van der Waals surface area contributed by atoms with E-state index in [2.05, 4.69) is 26.4 Å². The lowest BCUT2D eigenvalue weighted by Crippen LogP contribution is -2.45. The monoisotopic (exact) mass is 342 g/mol. The summed E-state index contributed by atoms with van der Waals surface area (Å²) < 4.78 is 40.8. The van der Waals surface area contributed by atoms with Crippen molar-refractivity contribution in [2.45, 2.75) is 12.4 Å². The standard InChI is InChI=1S/C16H17F3N2OS/c17-16(18,19)22-14-3-1-12(2-4-14)15(13-5-10-23-11-13)21-8-6-20-7-9-21/h1-5,10-11,15,20H,6-9H2/t15-/m0/s1. The number of piperazine rings is 1. The van der Waals surface area contributed by atoms with Crippen LogP contribution in [0.3, 0.4) is 0 Å². The minimum absolute atomic E-state index is 0.0586. The molecule has 2 aromatic rings. The molecule has 1 aromatic heterocycles. The fourth-order valence-electron chi connectivity index (χ4n) is 2.84.